The smallest absolute Gasteiger partial charge is 0.223 e. The molecule has 13 heteroatoms. The maximum atomic E-state index is 14.9. The number of aliphatic hydroxyl groups excluding tert-OH is 1. The first-order valence-corrected chi connectivity index (χ1v) is 12.2. The fourth-order valence-corrected chi connectivity index (χ4v) is 5.21. The molecule has 1 fully saturated rings. The summed E-state index contributed by atoms with van der Waals surface area (Å²) >= 11 is 0. The van der Waals surface area contributed by atoms with Crippen molar-refractivity contribution in [3.63, 3.8) is 0 Å². The number of imidazole rings is 1. The molecule has 3 aromatic rings. The number of hydrogen-bond donors (Lipinski definition) is 2. The van der Waals surface area contributed by atoms with Crippen LogP contribution in [0.2, 0.25) is 0 Å². The third kappa shape index (κ3) is 3.79. The lowest BCUT2D eigenvalue weighted by Crippen LogP contribution is -2.51. The number of halogens is 2. The van der Waals surface area contributed by atoms with E-state index in [1.165, 1.54) is 4.31 Å². The van der Waals surface area contributed by atoms with Gasteiger partial charge in [-0.15, -0.1) is 0 Å². The van der Waals surface area contributed by atoms with Gasteiger partial charge in [0.15, 0.2) is 17.4 Å². The molecule has 1 saturated heterocycles. The first-order valence-electron chi connectivity index (χ1n) is 10.4. The molecule has 4 heterocycles. The highest BCUT2D eigenvalue weighted by atomic mass is 32.2. The molecule has 1 aromatic carbocycles. The number of hydrogen-bond acceptors (Lipinski definition) is 8. The lowest BCUT2D eigenvalue weighted by molar-refractivity contribution is 0.0950. The minimum absolute atomic E-state index is 0.0245. The highest BCUT2D eigenvalue weighted by Gasteiger charge is 2.33. The number of sulfonamides is 1. The summed E-state index contributed by atoms with van der Waals surface area (Å²) in [5.74, 6) is -0.433. The van der Waals surface area contributed by atoms with Gasteiger partial charge < -0.3 is 19.7 Å². The predicted molar refractivity (Wildman–Crippen MR) is 115 cm³/mol. The minimum atomic E-state index is -3.42. The largest absolute Gasteiger partial charge is 0.489 e. The second kappa shape index (κ2) is 7.85. The van der Waals surface area contributed by atoms with Gasteiger partial charge in [-0.2, -0.15) is 4.31 Å². The Kier molecular flexibility index (Phi) is 5.21. The first-order chi connectivity index (χ1) is 15.6. The van der Waals surface area contributed by atoms with Crippen LogP contribution in [0.25, 0.3) is 22.3 Å². The third-order valence-electron chi connectivity index (χ3n) is 6.00. The van der Waals surface area contributed by atoms with Gasteiger partial charge in [-0.05, 0) is 19.4 Å². The summed E-state index contributed by atoms with van der Waals surface area (Å²) in [6.45, 7) is 2.72. The normalized spacial score (nSPS) is 21.2. The average molecular weight is 480 g/mol. The molecule has 5 rings (SSSR count). The SMILES string of the molecule is Cc1nc2c(F)cc(-c3nc(N[C@@H]4CCN(S(C)(=O)=O)C[C@H]4O)ncc3F)c3c2n1CCO3. The van der Waals surface area contributed by atoms with Gasteiger partial charge in [0.25, 0.3) is 0 Å². The molecular formula is C20H22F2N6O4S. The Morgan fingerprint density at radius 1 is 1.24 bits per heavy atom. The highest BCUT2D eigenvalue weighted by molar-refractivity contribution is 7.88. The molecule has 176 valence electrons. The van der Waals surface area contributed by atoms with Crippen LogP contribution in [0.5, 0.6) is 5.75 Å². The fraction of sp³-hybridized carbons (Fsp3) is 0.450. The number of aliphatic hydroxyl groups is 1. The molecule has 33 heavy (non-hydrogen) atoms. The molecule has 0 aliphatic carbocycles. The van der Waals surface area contributed by atoms with Crippen LogP contribution in [-0.2, 0) is 16.6 Å². The Balaban J connectivity index is 1.50. The second-order valence-corrected chi connectivity index (χ2v) is 10.2. The molecule has 10 nitrogen and oxygen atoms in total. The summed E-state index contributed by atoms with van der Waals surface area (Å²) in [7, 11) is -3.42. The van der Waals surface area contributed by atoms with Crippen molar-refractivity contribution >= 4 is 27.0 Å². The van der Waals surface area contributed by atoms with E-state index in [0.717, 1.165) is 18.5 Å². The van der Waals surface area contributed by atoms with E-state index in [9.17, 15) is 22.3 Å². The molecule has 0 spiro atoms. The number of benzene rings is 1. The molecule has 2 N–H and O–H groups in total. The summed E-state index contributed by atoms with van der Waals surface area (Å²) < 4.78 is 61.9. The Bertz CT molecular complexity index is 1360. The molecule has 2 aliphatic rings. The predicted octanol–water partition coefficient (Wildman–Crippen LogP) is 1.28. The topological polar surface area (TPSA) is 122 Å². The lowest BCUT2D eigenvalue weighted by Gasteiger charge is -2.34. The van der Waals surface area contributed by atoms with Crippen LogP contribution in [0.1, 0.15) is 12.2 Å². The van der Waals surface area contributed by atoms with E-state index in [1.807, 2.05) is 4.57 Å². The summed E-state index contributed by atoms with van der Waals surface area (Å²) in [4.78, 5) is 12.4. The molecule has 0 amide bonds. The Labute approximate surface area is 188 Å². The van der Waals surface area contributed by atoms with Gasteiger partial charge in [-0.25, -0.2) is 32.2 Å². The average Bonchev–Trinajstić information content (AvgIpc) is 3.11. The van der Waals surface area contributed by atoms with Crippen molar-refractivity contribution in [3.05, 3.63) is 29.7 Å². The molecule has 0 unspecified atom stereocenters. The van der Waals surface area contributed by atoms with Crippen molar-refractivity contribution in [1.82, 2.24) is 23.8 Å². The van der Waals surface area contributed by atoms with Gasteiger partial charge in [-0.3, -0.25) is 0 Å². The lowest BCUT2D eigenvalue weighted by atomic mass is 10.0. The van der Waals surface area contributed by atoms with E-state index < -0.39 is 33.8 Å². The van der Waals surface area contributed by atoms with Crippen molar-refractivity contribution < 1.29 is 27.0 Å². The molecule has 2 atom stereocenters. The van der Waals surface area contributed by atoms with Crippen molar-refractivity contribution in [2.45, 2.75) is 32.0 Å². The molecular weight excluding hydrogens is 458 g/mol. The van der Waals surface area contributed by atoms with E-state index in [-0.39, 0.29) is 35.8 Å². The zero-order chi connectivity index (χ0) is 23.5. The molecule has 0 saturated carbocycles. The van der Waals surface area contributed by atoms with Crippen LogP contribution in [0, 0.1) is 18.6 Å². The molecule has 2 aliphatic heterocycles. The zero-order valence-electron chi connectivity index (χ0n) is 17.9. The Morgan fingerprint density at radius 3 is 2.76 bits per heavy atom. The van der Waals surface area contributed by atoms with Crippen LogP contribution >= 0.6 is 0 Å². The van der Waals surface area contributed by atoms with Crippen LogP contribution in [-0.4, -0.2) is 75.4 Å². The molecule has 0 bridgehead atoms. The van der Waals surface area contributed by atoms with Gasteiger partial charge in [0.05, 0.1) is 36.7 Å². The number of aryl methyl sites for hydroxylation is 1. The van der Waals surface area contributed by atoms with Gasteiger partial charge in [0.1, 0.15) is 29.2 Å². The summed E-state index contributed by atoms with van der Waals surface area (Å²) in [6, 6.07) is 0.605. The van der Waals surface area contributed by atoms with E-state index in [1.54, 1.807) is 6.92 Å². The van der Waals surface area contributed by atoms with E-state index >= 15 is 0 Å². The van der Waals surface area contributed by atoms with Crippen molar-refractivity contribution in [3.8, 4) is 17.0 Å². The number of rotatable bonds is 4. The van der Waals surface area contributed by atoms with Crippen LogP contribution in [0.3, 0.4) is 0 Å². The van der Waals surface area contributed by atoms with E-state index in [2.05, 4.69) is 20.3 Å². The van der Waals surface area contributed by atoms with Gasteiger partial charge in [0.2, 0.25) is 16.0 Å². The third-order valence-corrected chi connectivity index (χ3v) is 7.27. The highest BCUT2D eigenvalue weighted by Crippen LogP contribution is 2.40. The van der Waals surface area contributed by atoms with Gasteiger partial charge >= 0.3 is 0 Å². The zero-order valence-corrected chi connectivity index (χ0v) is 18.7. The summed E-state index contributed by atoms with van der Waals surface area (Å²) in [5, 5.41) is 13.4. The Hall–Kier alpha value is -2.90. The monoisotopic (exact) mass is 480 g/mol. The summed E-state index contributed by atoms with van der Waals surface area (Å²) in [6.07, 6.45) is 1.34. The quantitative estimate of drug-likeness (QED) is 0.573. The van der Waals surface area contributed by atoms with Crippen molar-refractivity contribution in [2.24, 2.45) is 0 Å². The fourth-order valence-electron chi connectivity index (χ4n) is 4.35. The standard InChI is InChI=1S/C20H22F2N6O4S/c1-10-24-17-12(21)7-11(19-18(17)28(10)5-6-32-19)16-13(22)8-23-20(26-16)25-14-3-4-27(9-15(14)29)33(2,30)31/h7-8,14-15,29H,3-6,9H2,1-2H3,(H,23,25,26)/t14-,15-/m1/s1. The number of aromatic nitrogens is 4. The Morgan fingerprint density at radius 2 is 2.03 bits per heavy atom. The first kappa shape index (κ1) is 21.9. The summed E-state index contributed by atoms with van der Waals surface area (Å²) in [5.41, 5.74) is 0.583. The second-order valence-electron chi connectivity index (χ2n) is 8.21. The van der Waals surface area contributed by atoms with Crippen LogP contribution in [0.4, 0.5) is 14.7 Å². The number of nitrogens with zero attached hydrogens (tertiary/aromatic N) is 5. The van der Waals surface area contributed by atoms with Gasteiger partial charge in [0, 0.05) is 13.1 Å². The number of anilines is 1. The van der Waals surface area contributed by atoms with Gasteiger partial charge in [-0.1, -0.05) is 0 Å². The number of β-amino-alcohol motifs (C(OH)–C–C–N with tert-alkyl or cyclic N) is 1. The van der Waals surface area contributed by atoms with Crippen LogP contribution in [0.15, 0.2) is 12.3 Å². The van der Waals surface area contributed by atoms with Crippen LogP contribution < -0.4 is 10.1 Å². The maximum absolute atomic E-state index is 14.9. The number of ether oxygens (including phenoxy) is 1. The minimum Gasteiger partial charge on any atom is -0.489 e. The van der Waals surface area contributed by atoms with Crippen molar-refractivity contribution in [1.29, 1.82) is 0 Å². The van der Waals surface area contributed by atoms with Crippen molar-refractivity contribution in [2.75, 3.05) is 31.3 Å². The molecule has 0 radical (unpaired) electrons. The maximum Gasteiger partial charge on any atom is 0.223 e. The number of nitrogens with one attached hydrogen (secondary N) is 1. The van der Waals surface area contributed by atoms with E-state index in [0.29, 0.717) is 36.7 Å². The number of piperidine rings is 1. The van der Waals surface area contributed by atoms with E-state index in [4.69, 9.17) is 4.74 Å². The molecule has 2 aromatic heterocycles.